The maximum Gasteiger partial charge on any atom is 0.354 e. The zero-order valence-electron chi connectivity index (χ0n) is 15.3. The van der Waals surface area contributed by atoms with Crippen molar-refractivity contribution >= 4 is 5.97 Å². The number of pyridine rings is 3. The molecule has 0 saturated carbocycles. The van der Waals surface area contributed by atoms with Crippen LogP contribution < -0.4 is 0 Å². The van der Waals surface area contributed by atoms with Crippen molar-refractivity contribution in [2.45, 2.75) is 26.2 Å². The number of carbonyl (C=O) groups is 1. The molecule has 0 saturated heterocycles. The molecule has 3 heterocycles. The first-order chi connectivity index (χ1) is 13.1. The van der Waals surface area contributed by atoms with Crippen molar-refractivity contribution < 1.29 is 23.1 Å². The van der Waals surface area contributed by atoms with Crippen molar-refractivity contribution in [2.24, 2.45) is 0 Å². The summed E-state index contributed by atoms with van der Waals surface area (Å²) < 4.78 is 41.1. The lowest BCUT2D eigenvalue weighted by molar-refractivity contribution is 0.0689. The molecule has 3 rings (SSSR count). The molecule has 0 unspecified atom stereocenters. The summed E-state index contributed by atoms with van der Waals surface area (Å²) in [5, 5.41) is 9.14. The second-order valence-electron chi connectivity index (χ2n) is 6.87. The summed E-state index contributed by atoms with van der Waals surface area (Å²) in [7, 11) is 0. The van der Waals surface area contributed by atoms with Gasteiger partial charge in [-0.05, 0) is 56.7 Å². The lowest BCUT2D eigenvalue weighted by atomic mass is 9.83. The van der Waals surface area contributed by atoms with Crippen LogP contribution in [0.25, 0.3) is 11.3 Å². The molecule has 0 bridgehead atoms. The predicted octanol–water partition coefficient (Wildman–Crippen LogP) is 4.29. The van der Waals surface area contributed by atoms with Gasteiger partial charge in [-0.15, -0.1) is 0 Å². The maximum atomic E-state index is 14.1. The number of hydrogen-bond acceptors (Lipinski definition) is 4. The Hall–Kier alpha value is -3.29. The van der Waals surface area contributed by atoms with Crippen LogP contribution in [0.2, 0.25) is 0 Å². The standard InChI is InChI=1S/C20H16F3N3O2/c1-10-6-13(12-4-5-17(22)26-18(12)23)24-15(7-10)20(2,3)16-9-11(21)8-14(25-16)19(27)28/h4-9H,1-3H3,(H,27,28). The van der Waals surface area contributed by atoms with Crippen molar-refractivity contribution in [1.29, 1.82) is 0 Å². The molecule has 5 nitrogen and oxygen atoms in total. The minimum Gasteiger partial charge on any atom is -0.477 e. The first kappa shape index (κ1) is 19.5. The number of hydrogen-bond donors (Lipinski definition) is 1. The number of halogens is 3. The van der Waals surface area contributed by atoms with Crippen LogP contribution in [0.4, 0.5) is 13.2 Å². The lowest BCUT2D eigenvalue weighted by Crippen LogP contribution is -2.24. The fourth-order valence-electron chi connectivity index (χ4n) is 2.79. The minimum absolute atomic E-state index is 0.0144. The zero-order chi connectivity index (χ0) is 20.6. The predicted molar refractivity (Wildman–Crippen MR) is 95.4 cm³/mol. The fourth-order valence-corrected chi connectivity index (χ4v) is 2.79. The van der Waals surface area contributed by atoms with Gasteiger partial charge in [-0.25, -0.2) is 14.2 Å². The number of rotatable bonds is 4. The van der Waals surface area contributed by atoms with Gasteiger partial charge in [0, 0.05) is 11.5 Å². The average Bonchev–Trinajstić information content (AvgIpc) is 2.60. The van der Waals surface area contributed by atoms with Crippen LogP contribution in [0, 0.1) is 24.6 Å². The number of carboxylic acid groups (broad SMARTS) is 1. The second-order valence-corrected chi connectivity index (χ2v) is 6.87. The third-order valence-corrected chi connectivity index (χ3v) is 4.35. The molecule has 0 radical (unpaired) electrons. The summed E-state index contributed by atoms with van der Waals surface area (Å²) in [6.45, 7) is 5.16. The van der Waals surface area contributed by atoms with Crippen LogP contribution in [0.15, 0.2) is 36.4 Å². The van der Waals surface area contributed by atoms with Gasteiger partial charge in [0.1, 0.15) is 5.82 Å². The molecule has 3 aromatic heterocycles. The van der Waals surface area contributed by atoms with E-state index in [0.717, 1.165) is 23.8 Å². The summed E-state index contributed by atoms with van der Waals surface area (Å²) >= 11 is 0. The highest BCUT2D eigenvalue weighted by molar-refractivity contribution is 5.85. The van der Waals surface area contributed by atoms with E-state index in [0.29, 0.717) is 5.69 Å². The van der Waals surface area contributed by atoms with Crippen LogP contribution in [-0.2, 0) is 5.41 Å². The van der Waals surface area contributed by atoms with Gasteiger partial charge in [0.25, 0.3) is 0 Å². The number of aromatic nitrogens is 3. The van der Waals surface area contributed by atoms with Gasteiger partial charge in [0.05, 0.1) is 22.6 Å². The monoisotopic (exact) mass is 387 g/mol. The molecule has 28 heavy (non-hydrogen) atoms. The van der Waals surface area contributed by atoms with E-state index in [1.165, 1.54) is 6.07 Å². The molecule has 144 valence electrons. The Bertz CT molecular complexity index is 1080. The van der Waals surface area contributed by atoms with Crippen LogP contribution >= 0.6 is 0 Å². The Morgan fingerprint density at radius 3 is 2.29 bits per heavy atom. The van der Waals surface area contributed by atoms with E-state index in [4.69, 9.17) is 5.11 Å². The molecule has 0 aromatic carbocycles. The van der Waals surface area contributed by atoms with E-state index < -0.39 is 34.8 Å². The molecule has 3 aromatic rings. The molecule has 1 N–H and O–H groups in total. The Kier molecular flexibility index (Phi) is 4.89. The highest BCUT2D eigenvalue weighted by Crippen LogP contribution is 2.32. The smallest absolute Gasteiger partial charge is 0.354 e. The van der Waals surface area contributed by atoms with Gasteiger partial charge < -0.3 is 5.11 Å². The molecule has 0 aliphatic rings. The molecule has 0 aliphatic carbocycles. The second kappa shape index (κ2) is 7.03. The molecular formula is C20H16F3N3O2. The number of nitrogens with zero attached hydrogens (tertiary/aromatic N) is 3. The maximum absolute atomic E-state index is 14.1. The van der Waals surface area contributed by atoms with Crippen molar-refractivity contribution in [3.8, 4) is 11.3 Å². The fraction of sp³-hybridized carbons (Fsp3) is 0.200. The van der Waals surface area contributed by atoms with Crippen LogP contribution in [0.1, 0.15) is 41.3 Å². The summed E-state index contributed by atoms with van der Waals surface area (Å²) in [5.41, 5.74) is 0.129. The Morgan fingerprint density at radius 1 is 0.964 bits per heavy atom. The largest absolute Gasteiger partial charge is 0.477 e. The number of carboxylic acids is 1. The summed E-state index contributed by atoms with van der Waals surface area (Å²) in [4.78, 5) is 22.8. The van der Waals surface area contributed by atoms with Crippen LogP contribution in [0.3, 0.4) is 0 Å². The van der Waals surface area contributed by atoms with E-state index >= 15 is 0 Å². The Morgan fingerprint density at radius 2 is 1.64 bits per heavy atom. The third-order valence-electron chi connectivity index (χ3n) is 4.35. The Labute approximate surface area is 158 Å². The van der Waals surface area contributed by atoms with Gasteiger partial charge in [-0.1, -0.05) is 0 Å². The zero-order valence-corrected chi connectivity index (χ0v) is 15.3. The van der Waals surface area contributed by atoms with Crippen molar-refractivity contribution in [3.63, 3.8) is 0 Å². The molecule has 0 spiro atoms. The van der Waals surface area contributed by atoms with Crippen molar-refractivity contribution in [3.05, 3.63) is 76.8 Å². The lowest BCUT2D eigenvalue weighted by Gasteiger charge is -2.25. The van der Waals surface area contributed by atoms with Gasteiger partial charge in [-0.3, -0.25) is 4.98 Å². The Balaban J connectivity index is 2.15. The number of aryl methyl sites for hydroxylation is 1. The topological polar surface area (TPSA) is 76.0 Å². The van der Waals surface area contributed by atoms with E-state index in [9.17, 15) is 18.0 Å². The molecule has 0 amide bonds. The van der Waals surface area contributed by atoms with Crippen LogP contribution in [-0.4, -0.2) is 26.0 Å². The quantitative estimate of drug-likeness (QED) is 0.676. The first-order valence-electron chi connectivity index (χ1n) is 8.31. The normalized spacial score (nSPS) is 11.5. The SMILES string of the molecule is Cc1cc(-c2ccc(F)nc2F)nc(C(C)(C)c2cc(F)cc(C(=O)O)n2)c1. The summed E-state index contributed by atoms with van der Waals surface area (Å²) in [6.07, 6.45) is 0. The minimum atomic E-state index is -1.35. The average molecular weight is 387 g/mol. The van der Waals surface area contributed by atoms with E-state index in [1.54, 1.807) is 32.9 Å². The van der Waals surface area contributed by atoms with Gasteiger partial charge in [0.2, 0.25) is 11.9 Å². The van der Waals surface area contributed by atoms with Gasteiger partial charge in [0.15, 0.2) is 5.69 Å². The van der Waals surface area contributed by atoms with Gasteiger partial charge in [-0.2, -0.15) is 13.8 Å². The first-order valence-corrected chi connectivity index (χ1v) is 8.31. The van der Waals surface area contributed by atoms with E-state index in [-0.39, 0.29) is 17.0 Å². The highest BCUT2D eigenvalue weighted by atomic mass is 19.1. The molecule has 0 atom stereocenters. The van der Waals surface area contributed by atoms with Crippen LogP contribution in [0.5, 0.6) is 0 Å². The molecule has 0 fully saturated rings. The molecule has 8 heteroatoms. The third kappa shape index (κ3) is 3.71. The molecule has 0 aliphatic heterocycles. The highest BCUT2D eigenvalue weighted by Gasteiger charge is 2.29. The number of aromatic carboxylic acids is 1. The summed E-state index contributed by atoms with van der Waals surface area (Å²) in [6, 6.07) is 7.55. The molecular weight excluding hydrogens is 371 g/mol. The van der Waals surface area contributed by atoms with E-state index in [1.807, 2.05) is 0 Å². The van der Waals surface area contributed by atoms with Crippen molar-refractivity contribution in [2.75, 3.05) is 0 Å². The van der Waals surface area contributed by atoms with E-state index in [2.05, 4.69) is 15.0 Å². The summed E-state index contributed by atoms with van der Waals surface area (Å²) in [5.74, 6) is -4.04. The van der Waals surface area contributed by atoms with Crippen molar-refractivity contribution in [1.82, 2.24) is 15.0 Å². The van der Waals surface area contributed by atoms with Gasteiger partial charge >= 0.3 is 5.97 Å².